The maximum absolute atomic E-state index is 14.1. The Labute approximate surface area is 212 Å². The third-order valence-electron chi connectivity index (χ3n) is 8.10. The number of carbonyl (C=O) groups is 1. The molecule has 0 N–H and O–H groups in total. The van der Waals surface area contributed by atoms with Crippen LogP contribution in [-0.4, -0.2) is 51.9 Å². The number of hydrogen-bond acceptors (Lipinski definition) is 5. The first-order valence-electron chi connectivity index (χ1n) is 12.4. The number of amides is 1. The molecule has 0 atom stereocenters. The highest BCUT2D eigenvalue weighted by atomic mass is 19.4. The molecule has 2 aromatic carbocycles. The number of likely N-dealkylation sites (tertiary alicyclic amines) is 1. The smallest absolute Gasteiger partial charge is 0.381 e. The second-order valence-electron chi connectivity index (χ2n) is 10.4. The number of carbonyl (C=O) groups excluding carboxylic acids is 1. The van der Waals surface area contributed by atoms with Crippen LogP contribution in [0.2, 0.25) is 0 Å². The van der Waals surface area contributed by atoms with Crippen molar-refractivity contribution in [2.75, 3.05) is 25.1 Å². The second kappa shape index (κ2) is 8.66. The molecule has 10 heteroatoms. The van der Waals surface area contributed by atoms with Gasteiger partial charge in [-0.05, 0) is 73.3 Å². The molecule has 1 saturated heterocycles. The van der Waals surface area contributed by atoms with Crippen molar-refractivity contribution in [1.29, 1.82) is 0 Å². The van der Waals surface area contributed by atoms with Crippen molar-refractivity contribution in [2.45, 2.75) is 50.0 Å². The Morgan fingerprint density at radius 2 is 1.95 bits per heavy atom. The van der Waals surface area contributed by atoms with Gasteiger partial charge in [-0.3, -0.25) is 9.69 Å². The van der Waals surface area contributed by atoms with Crippen LogP contribution < -0.4 is 4.90 Å². The fourth-order valence-electron chi connectivity index (χ4n) is 5.94. The fraction of sp³-hybridized carbons (Fsp3) is 0.444. The summed E-state index contributed by atoms with van der Waals surface area (Å²) < 4.78 is 49.7. The maximum Gasteiger partial charge on any atom is 0.416 e. The Balaban J connectivity index is 1.37. The largest absolute Gasteiger partial charge is 0.416 e. The number of methoxy groups -OCH3 is 1. The van der Waals surface area contributed by atoms with E-state index in [9.17, 15) is 18.0 Å². The van der Waals surface area contributed by atoms with Gasteiger partial charge in [-0.25, -0.2) is 0 Å². The van der Waals surface area contributed by atoms with E-state index in [0.717, 1.165) is 30.9 Å². The van der Waals surface area contributed by atoms with Gasteiger partial charge in [0.2, 0.25) is 0 Å². The number of ether oxygens (including phenoxy) is 1. The van der Waals surface area contributed by atoms with E-state index in [1.54, 1.807) is 25.6 Å². The van der Waals surface area contributed by atoms with Crippen molar-refractivity contribution in [3.8, 4) is 0 Å². The summed E-state index contributed by atoms with van der Waals surface area (Å²) in [4.78, 5) is 17.1. The quantitative estimate of drug-likeness (QED) is 0.494. The number of aryl methyl sites for hydroxylation is 1. The van der Waals surface area contributed by atoms with Crippen LogP contribution in [0.3, 0.4) is 0 Å². The summed E-state index contributed by atoms with van der Waals surface area (Å²) in [6, 6.07) is 10.4. The van der Waals surface area contributed by atoms with Crippen molar-refractivity contribution >= 4 is 11.6 Å². The van der Waals surface area contributed by atoms with Gasteiger partial charge in [0.1, 0.15) is 12.2 Å². The summed E-state index contributed by atoms with van der Waals surface area (Å²) in [7, 11) is 3.56. The molecule has 194 valence electrons. The van der Waals surface area contributed by atoms with E-state index in [0.29, 0.717) is 30.6 Å². The Morgan fingerprint density at radius 1 is 1.16 bits per heavy atom. The van der Waals surface area contributed by atoms with E-state index in [1.165, 1.54) is 11.0 Å². The third-order valence-corrected chi connectivity index (χ3v) is 8.10. The lowest BCUT2D eigenvalue weighted by Crippen LogP contribution is -2.48. The number of halogens is 3. The van der Waals surface area contributed by atoms with Gasteiger partial charge in [0.25, 0.3) is 5.91 Å². The molecule has 2 aliphatic heterocycles. The van der Waals surface area contributed by atoms with Crippen molar-refractivity contribution < 1.29 is 22.7 Å². The van der Waals surface area contributed by atoms with Crippen LogP contribution in [0.1, 0.15) is 57.7 Å². The van der Waals surface area contributed by atoms with E-state index < -0.39 is 23.1 Å². The Hall–Kier alpha value is -3.24. The van der Waals surface area contributed by atoms with Gasteiger partial charge in [0.15, 0.2) is 0 Å². The number of fused-ring (bicyclic) bond motifs is 1. The predicted molar refractivity (Wildman–Crippen MR) is 130 cm³/mol. The summed E-state index contributed by atoms with van der Waals surface area (Å²) in [6.45, 7) is 2.03. The minimum atomic E-state index is -4.54. The minimum absolute atomic E-state index is 0.0429. The monoisotopic (exact) mass is 511 g/mol. The lowest BCUT2D eigenvalue weighted by Gasteiger charge is -2.46. The molecule has 3 aromatic rings. The fourth-order valence-corrected chi connectivity index (χ4v) is 5.94. The highest BCUT2D eigenvalue weighted by molar-refractivity contribution is 6.10. The average Bonchev–Trinajstić information content (AvgIpc) is 3.39. The lowest BCUT2D eigenvalue weighted by molar-refractivity contribution is -0.138. The van der Waals surface area contributed by atoms with Crippen LogP contribution in [0.4, 0.5) is 18.9 Å². The zero-order valence-corrected chi connectivity index (χ0v) is 20.8. The summed E-state index contributed by atoms with van der Waals surface area (Å²) in [6.07, 6.45) is -0.377. The van der Waals surface area contributed by atoms with Gasteiger partial charge in [-0.2, -0.15) is 13.2 Å². The first-order chi connectivity index (χ1) is 17.7. The normalized spacial score (nSPS) is 23.6. The van der Waals surface area contributed by atoms with Gasteiger partial charge in [0, 0.05) is 32.0 Å². The molecule has 0 radical (unpaired) electrons. The van der Waals surface area contributed by atoms with E-state index in [4.69, 9.17) is 4.74 Å². The van der Waals surface area contributed by atoms with Gasteiger partial charge in [-0.15, -0.1) is 10.2 Å². The van der Waals surface area contributed by atoms with Gasteiger partial charge < -0.3 is 14.2 Å². The SMILES string of the molecule is COC1CC(c2cccc(N3Cc4c(cc(CN5CCC5)cc4C(F)(F)F)C3=O)c2)(c2nncn2C)C1. The molecule has 3 heterocycles. The number of hydrogen-bond donors (Lipinski definition) is 0. The number of rotatable bonds is 6. The Bertz CT molecular complexity index is 1360. The molecule has 3 aliphatic rings. The zero-order valence-electron chi connectivity index (χ0n) is 20.8. The molecule has 37 heavy (non-hydrogen) atoms. The molecule has 2 fully saturated rings. The number of benzene rings is 2. The summed E-state index contributed by atoms with van der Waals surface area (Å²) in [5, 5.41) is 8.42. The first kappa shape index (κ1) is 24.1. The highest BCUT2D eigenvalue weighted by Gasteiger charge is 2.50. The molecule has 1 saturated carbocycles. The maximum atomic E-state index is 14.1. The first-order valence-corrected chi connectivity index (χ1v) is 12.4. The topological polar surface area (TPSA) is 63.5 Å². The summed E-state index contributed by atoms with van der Waals surface area (Å²) in [5.74, 6) is 0.392. The second-order valence-corrected chi connectivity index (χ2v) is 10.4. The van der Waals surface area contributed by atoms with E-state index in [-0.39, 0.29) is 23.8 Å². The number of nitrogens with zero attached hydrogens (tertiary/aromatic N) is 5. The summed E-state index contributed by atoms with van der Waals surface area (Å²) in [5.41, 5.74) is 1.05. The molecule has 7 nitrogen and oxygen atoms in total. The van der Waals surface area contributed by atoms with Crippen molar-refractivity contribution in [2.24, 2.45) is 7.05 Å². The van der Waals surface area contributed by atoms with E-state index in [1.807, 2.05) is 29.8 Å². The van der Waals surface area contributed by atoms with Gasteiger partial charge in [0.05, 0.1) is 23.6 Å². The van der Waals surface area contributed by atoms with Crippen molar-refractivity contribution in [3.63, 3.8) is 0 Å². The Kier molecular flexibility index (Phi) is 5.65. The predicted octanol–water partition coefficient (Wildman–Crippen LogP) is 4.29. The van der Waals surface area contributed by atoms with Crippen LogP contribution in [0.5, 0.6) is 0 Å². The zero-order chi connectivity index (χ0) is 25.9. The van der Waals surface area contributed by atoms with Gasteiger partial charge >= 0.3 is 6.18 Å². The third kappa shape index (κ3) is 3.93. The standard InChI is InChI=1S/C27H28F3N5O2/c1-33-16-31-32-25(33)26(12-20(13-26)37-2)18-5-3-6-19(11-18)35-15-22-21(24(35)36)9-17(14-34-7-4-8-34)10-23(22)27(28,29)30/h3,5-6,9-11,16,20H,4,7-8,12-15H2,1-2H3. The molecule has 0 spiro atoms. The van der Waals surface area contributed by atoms with E-state index in [2.05, 4.69) is 15.1 Å². The van der Waals surface area contributed by atoms with Crippen LogP contribution in [0, 0.1) is 0 Å². The van der Waals surface area contributed by atoms with Crippen molar-refractivity contribution in [3.05, 3.63) is 76.4 Å². The molecule has 0 unspecified atom stereocenters. The molecular formula is C27H28F3N5O2. The molecule has 6 rings (SSSR count). The number of anilines is 1. The minimum Gasteiger partial charge on any atom is -0.381 e. The molecular weight excluding hydrogens is 483 g/mol. The van der Waals surface area contributed by atoms with Crippen LogP contribution in [0.15, 0.2) is 42.7 Å². The summed E-state index contributed by atoms with van der Waals surface area (Å²) >= 11 is 0. The lowest BCUT2D eigenvalue weighted by atomic mass is 9.62. The van der Waals surface area contributed by atoms with Crippen LogP contribution in [-0.2, 0) is 36.5 Å². The van der Waals surface area contributed by atoms with Crippen LogP contribution >= 0.6 is 0 Å². The molecule has 1 aromatic heterocycles. The molecule has 0 bridgehead atoms. The van der Waals surface area contributed by atoms with Gasteiger partial charge in [-0.1, -0.05) is 12.1 Å². The van der Waals surface area contributed by atoms with E-state index >= 15 is 0 Å². The van der Waals surface area contributed by atoms with Crippen LogP contribution in [0.25, 0.3) is 0 Å². The Morgan fingerprint density at radius 3 is 2.57 bits per heavy atom. The molecule has 1 amide bonds. The number of aromatic nitrogens is 3. The van der Waals surface area contributed by atoms with Crippen molar-refractivity contribution in [1.82, 2.24) is 19.7 Å². The highest BCUT2D eigenvalue weighted by Crippen LogP contribution is 2.50. The number of alkyl halides is 3. The average molecular weight is 512 g/mol. The molecule has 1 aliphatic carbocycles.